The van der Waals surface area contributed by atoms with Crippen molar-refractivity contribution in [2.24, 2.45) is 0 Å². The lowest BCUT2D eigenvalue weighted by Crippen LogP contribution is -2.41. The molecule has 0 amide bonds. The van der Waals surface area contributed by atoms with Crippen LogP contribution >= 0.6 is 0 Å². The van der Waals surface area contributed by atoms with Gasteiger partial charge in [0.25, 0.3) is 0 Å². The molecule has 102 valence electrons. The number of likely N-dealkylation sites (tertiary alicyclic amines) is 1. The fourth-order valence-corrected chi connectivity index (χ4v) is 2.66. The lowest BCUT2D eigenvalue weighted by molar-refractivity contribution is 0.188. The zero-order valence-corrected chi connectivity index (χ0v) is 11.8. The average Bonchev–Trinajstić information content (AvgIpc) is 3.00. The lowest BCUT2D eigenvalue weighted by atomic mass is 9.90. The van der Waals surface area contributed by atoms with Crippen molar-refractivity contribution in [1.82, 2.24) is 4.90 Å². The van der Waals surface area contributed by atoms with Crippen LogP contribution in [0.2, 0.25) is 0 Å². The molecule has 1 fully saturated rings. The molecule has 0 aromatic heterocycles. The van der Waals surface area contributed by atoms with Crippen LogP contribution in [0, 0.1) is 11.3 Å². The van der Waals surface area contributed by atoms with Crippen LogP contribution in [0.4, 0.5) is 0 Å². The molecule has 0 bridgehead atoms. The van der Waals surface area contributed by atoms with E-state index in [1.165, 1.54) is 0 Å². The highest BCUT2D eigenvalue weighted by atomic mass is 16.5. The molecule has 1 aliphatic rings. The third-order valence-corrected chi connectivity index (χ3v) is 3.89. The summed E-state index contributed by atoms with van der Waals surface area (Å²) in [5, 5.41) is 9.69. The van der Waals surface area contributed by atoms with Crippen LogP contribution in [-0.2, 0) is 5.54 Å². The number of hydrogen-bond acceptors (Lipinski definition) is 4. The van der Waals surface area contributed by atoms with Crippen LogP contribution in [0.15, 0.2) is 18.2 Å². The smallest absolute Gasteiger partial charge is 0.135 e. The van der Waals surface area contributed by atoms with Crippen LogP contribution in [0.1, 0.15) is 25.3 Å². The van der Waals surface area contributed by atoms with Crippen LogP contribution < -0.4 is 9.47 Å². The topological polar surface area (TPSA) is 45.5 Å². The minimum Gasteiger partial charge on any atom is -0.497 e. The highest BCUT2D eigenvalue weighted by molar-refractivity contribution is 5.47. The second kappa shape index (κ2) is 5.50. The van der Waals surface area contributed by atoms with Crippen molar-refractivity contribution in [2.45, 2.75) is 25.3 Å². The van der Waals surface area contributed by atoms with Crippen LogP contribution in [0.3, 0.4) is 0 Å². The summed E-state index contributed by atoms with van der Waals surface area (Å²) in [6.45, 7) is 3.85. The second-order valence-corrected chi connectivity index (χ2v) is 4.94. The number of nitriles is 1. The van der Waals surface area contributed by atoms with Crippen LogP contribution in [0.5, 0.6) is 11.5 Å². The van der Waals surface area contributed by atoms with E-state index in [4.69, 9.17) is 9.47 Å². The van der Waals surface area contributed by atoms with Gasteiger partial charge in [0.15, 0.2) is 0 Å². The predicted molar refractivity (Wildman–Crippen MR) is 73.3 cm³/mol. The third-order valence-electron chi connectivity index (χ3n) is 3.89. The van der Waals surface area contributed by atoms with Gasteiger partial charge in [-0.3, -0.25) is 4.90 Å². The summed E-state index contributed by atoms with van der Waals surface area (Å²) in [6.07, 6.45) is 2.28. The Bertz CT molecular complexity index is 489. The average molecular weight is 260 g/mol. The Hall–Kier alpha value is -1.73. The molecule has 0 N–H and O–H groups in total. The summed E-state index contributed by atoms with van der Waals surface area (Å²) in [4.78, 5) is 2.21. The molecule has 1 atom stereocenters. The first-order chi connectivity index (χ1) is 9.15. The van der Waals surface area contributed by atoms with Crippen LogP contribution in [-0.4, -0.2) is 32.2 Å². The van der Waals surface area contributed by atoms with E-state index >= 15 is 0 Å². The Morgan fingerprint density at radius 3 is 2.42 bits per heavy atom. The fraction of sp³-hybridized carbons (Fsp3) is 0.533. The van der Waals surface area contributed by atoms with Crippen molar-refractivity contribution >= 4 is 0 Å². The molecule has 1 saturated heterocycles. The molecular weight excluding hydrogens is 240 g/mol. The molecule has 1 unspecified atom stereocenters. The normalized spacial score (nSPS) is 18.6. The van der Waals surface area contributed by atoms with Gasteiger partial charge < -0.3 is 9.47 Å². The molecule has 1 aromatic rings. The maximum atomic E-state index is 9.69. The Balaban J connectivity index is 2.49. The first-order valence-corrected chi connectivity index (χ1v) is 6.54. The van der Waals surface area contributed by atoms with Crippen LogP contribution in [0.25, 0.3) is 0 Å². The van der Waals surface area contributed by atoms with E-state index in [0.717, 1.165) is 43.0 Å². The van der Waals surface area contributed by atoms with E-state index in [-0.39, 0.29) is 0 Å². The number of hydrogen-bond donors (Lipinski definition) is 0. The molecule has 1 aliphatic heterocycles. The van der Waals surface area contributed by atoms with Crippen molar-refractivity contribution in [3.8, 4) is 17.6 Å². The maximum Gasteiger partial charge on any atom is 0.135 e. The summed E-state index contributed by atoms with van der Waals surface area (Å²) in [6, 6.07) is 8.07. The Kier molecular flexibility index (Phi) is 3.96. The van der Waals surface area contributed by atoms with Gasteiger partial charge in [0.2, 0.25) is 0 Å². The quantitative estimate of drug-likeness (QED) is 0.834. The van der Waals surface area contributed by atoms with Crippen molar-refractivity contribution in [3.05, 3.63) is 23.8 Å². The van der Waals surface area contributed by atoms with Gasteiger partial charge >= 0.3 is 0 Å². The van der Waals surface area contributed by atoms with E-state index < -0.39 is 5.54 Å². The Morgan fingerprint density at radius 1 is 1.21 bits per heavy atom. The van der Waals surface area contributed by atoms with Gasteiger partial charge in [-0.15, -0.1) is 0 Å². The number of nitrogens with zero attached hydrogens (tertiary/aromatic N) is 2. The van der Waals surface area contributed by atoms with Gasteiger partial charge in [-0.1, -0.05) is 0 Å². The summed E-state index contributed by atoms with van der Waals surface area (Å²) in [5.74, 6) is 1.48. The van der Waals surface area contributed by atoms with E-state index in [9.17, 15) is 5.26 Å². The Morgan fingerprint density at radius 2 is 1.89 bits per heavy atom. The van der Waals surface area contributed by atoms with Crippen molar-refractivity contribution in [3.63, 3.8) is 0 Å². The number of rotatable bonds is 4. The number of benzene rings is 1. The van der Waals surface area contributed by atoms with E-state index in [2.05, 4.69) is 11.0 Å². The van der Waals surface area contributed by atoms with Gasteiger partial charge in [-0.25, -0.2) is 0 Å². The number of methoxy groups -OCH3 is 2. The van der Waals surface area contributed by atoms with Crippen molar-refractivity contribution in [2.75, 3.05) is 27.3 Å². The molecule has 0 saturated carbocycles. The molecule has 0 spiro atoms. The minimum absolute atomic E-state index is 0.670. The molecule has 4 heteroatoms. The number of ether oxygens (including phenoxy) is 2. The van der Waals surface area contributed by atoms with E-state index in [0.29, 0.717) is 0 Å². The Labute approximate surface area is 114 Å². The zero-order chi connectivity index (χ0) is 13.9. The highest BCUT2D eigenvalue weighted by Crippen LogP contribution is 2.38. The van der Waals surface area contributed by atoms with E-state index in [1.54, 1.807) is 14.2 Å². The van der Waals surface area contributed by atoms with Gasteiger partial charge in [0.1, 0.15) is 17.0 Å². The van der Waals surface area contributed by atoms with Gasteiger partial charge in [-0.2, -0.15) is 5.26 Å². The van der Waals surface area contributed by atoms with Gasteiger partial charge in [-0.05, 0) is 51.1 Å². The summed E-state index contributed by atoms with van der Waals surface area (Å²) >= 11 is 0. The first-order valence-electron chi connectivity index (χ1n) is 6.54. The summed E-state index contributed by atoms with van der Waals surface area (Å²) < 4.78 is 10.7. The SMILES string of the molecule is COc1ccc(OC)c(C(C)(C#N)N2CCCC2)c1. The molecule has 0 radical (unpaired) electrons. The zero-order valence-electron chi connectivity index (χ0n) is 11.8. The van der Waals surface area contributed by atoms with Gasteiger partial charge in [0, 0.05) is 5.56 Å². The molecule has 0 aliphatic carbocycles. The second-order valence-electron chi connectivity index (χ2n) is 4.94. The van der Waals surface area contributed by atoms with E-state index in [1.807, 2.05) is 25.1 Å². The fourth-order valence-electron chi connectivity index (χ4n) is 2.66. The van der Waals surface area contributed by atoms with Gasteiger partial charge in [0.05, 0.1) is 20.3 Å². The van der Waals surface area contributed by atoms with Crippen molar-refractivity contribution in [1.29, 1.82) is 5.26 Å². The third kappa shape index (κ3) is 2.39. The molecule has 2 rings (SSSR count). The molecule has 4 nitrogen and oxygen atoms in total. The molecule has 19 heavy (non-hydrogen) atoms. The molecule has 1 heterocycles. The predicted octanol–water partition coefficient (Wildman–Crippen LogP) is 2.54. The first kappa shape index (κ1) is 13.7. The highest BCUT2D eigenvalue weighted by Gasteiger charge is 2.38. The lowest BCUT2D eigenvalue weighted by Gasteiger charge is -2.33. The summed E-state index contributed by atoms with van der Waals surface area (Å²) in [7, 11) is 3.26. The molecular formula is C15H20N2O2. The molecule has 1 aromatic carbocycles. The largest absolute Gasteiger partial charge is 0.497 e. The standard InChI is InChI=1S/C15H20N2O2/c1-15(11-16,17-8-4-5-9-17)13-10-12(18-2)6-7-14(13)19-3/h6-7,10H,4-5,8-9H2,1-3H3. The monoisotopic (exact) mass is 260 g/mol. The summed E-state index contributed by atoms with van der Waals surface area (Å²) in [5.41, 5.74) is 0.204. The van der Waals surface area contributed by atoms with Crippen molar-refractivity contribution < 1.29 is 9.47 Å². The maximum absolute atomic E-state index is 9.69. The minimum atomic E-state index is -0.670.